The van der Waals surface area contributed by atoms with Crippen LogP contribution in [0.3, 0.4) is 0 Å². The molecule has 116 valence electrons. The van der Waals surface area contributed by atoms with Crippen molar-refractivity contribution in [1.82, 2.24) is 20.5 Å². The fourth-order valence-corrected chi connectivity index (χ4v) is 3.15. The largest absolute Gasteiger partial charge is 0.473 e. The highest BCUT2D eigenvalue weighted by Crippen LogP contribution is 2.22. The molecular weight excluding hydrogens is 304 g/mol. The Hall–Kier alpha value is -2.09. The average Bonchev–Trinajstić information content (AvgIpc) is 3.17. The van der Waals surface area contributed by atoms with Crippen molar-refractivity contribution in [2.45, 2.75) is 26.0 Å². The molecule has 2 aromatic heterocycles. The summed E-state index contributed by atoms with van der Waals surface area (Å²) < 4.78 is 11.0. The molecule has 0 saturated carbocycles. The molecule has 3 heterocycles. The summed E-state index contributed by atoms with van der Waals surface area (Å²) >= 11 is 1.86. The van der Waals surface area contributed by atoms with Crippen LogP contribution < -0.4 is 10.1 Å². The molecule has 1 N–H and O–H groups in total. The second kappa shape index (κ2) is 6.78. The molecule has 1 amide bonds. The maximum atomic E-state index is 12.1. The molecule has 1 aliphatic heterocycles. The Bertz CT molecular complexity index is 655. The number of rotatable bonds is 5. The van der Waals surface area contributed by atoms with Crippen molar-refractivity contribution in [1.29, 1.82) is 0 Å². The summed E-state index contributed by atoms with van der Waals surface area (Å²) in [4.78, 5) is 16.3. The van der Waals surface area contributed by atoms with Crippen LogP contribution in [0.1, 0.15) is 28.6 Å². The predicted molar refractivity (Wildman–Crippen MR) is 80.8 cm³/mol. The molecule has 3 rings (SSSR count). The van der Waals surface area contributed by atoms with E-state index >= 15 is 0 Å². The van der Waals surface area contributed by atoms with Gasteiger partial charge in [-0.2, -0.15) is 11.8 Å². The van der Waals surface area contributed by atoms with E-state index in [1.165, 1.54) is 0 Å². The van der Waals surface area contributed by atoms with Crippen LogP contribution in [0.2, 0.25) is 0 Å². The highest BCUT2D eigenvalue weighted by Gasteiger charge is 2.18. The van der Waals surface area contributed by atoms with Crippen molar-refractivity contribution < 1.29 is 13.9 Å². The molecule has 1 saturated heterocycles. The summed E-state index contributed by atoms with van der Waals surface area (Å²) in [6, 6.07) is 3.29. The molecule has 0 aromatic carbocycles. The van der Waals surface area contributed by atoms with Gasteiger partial charge in [-0.15, -0.1) is 10.2 Å². The molecule has 0 bridgehead atoms. The molecule has 22 heavy (non-hydrogen) atoms. The van der Waals surface area contributed by atoms with Gasteiger partial charge in [0.2, 0.25) is 17.7 Å². The molecule has 1 aliphatic rings. The van der Waals surface area contributed by atoms with E-state index in [-0.39, 0.29) is 18.6 Å². The molecule has 0 spiro atoms. The van der Waals surface area contributed by atoms with Crippen molar-refractivity contribution in [3.05, 3.63) is 35.7 Å². The van der Waals surface area contributed by atoms with Gasteiger partial charge in [-0.25, -0.2) is 4.98 Å². The van der Waals surface area contributed by atoms with Gasteiger partial charge in [-0.3, -0.25) is 4.79 Å². The summed E-state index contributed by atoms with van der Waals surface area (Å²) in [6.07, 6.45) is 2.76. The third-order valence-electron chi connectivity index (χ3n) is 3.14. The number of ether oxygens (including phenoxy) is 1. The van der Waals surface area contributed by atoms with Crippen LogP contribution in [0.25, 0.3) is 0 Å². The fraction of sp³-hybridized carbons (Fsp3) is 0.429. The predicted octanol–water partition coefficient (Wildman–Crippen LogP) is 1.59. The molecule has 7 nitrogen and oxygen atoms in total. The smallest absolute Gasteiger partial charge is 0.251 e. The summed E-state index contributed by atoms with van der Waals surface area (Å²) in [5.41, 5.74) is 0.492. The van der Waals surface area contributed by atoms with E-state index < -0.39 is 0 Å². The van der Waals surface area contributed by atoms with Gasteiger partial charge in [0.1, 0.15) is 6.10 Å². The minimum atomic E-state index is -0.232. The SMILES string of the molecule is Cc1nnc(CNC(=O)c2ccnc(OC3CCSC3)c2)o1. The second-order valence-electron chi connectivity index (χ2n) is 4.88. The van der Waals surface area contributed by atoms with Gasteiger partial charge in [0, 0.05) is 30.5 Å². The molecular formula is C14H16N4O3S. The minimum Gasteiger partial charge on any atom is -0.473 e. The number of hydrogen-bond acceptors (Lipinski definition) is 7. The Balaban J connectivity index is 1.59. The van der Waals surface area contributed by atoms with Crippen LogP contribution in [0.15, 0.2) is 22.7 Å². The molecule has 2 aromatic rings. The molecule has 8 heteroatoms. The maximum Gasteiger partial charge on any atom is 0.251 e. The lowest BCUT2D eigenvalue weighted by Gasteiger charge is -2.11. The van der Waals surface area contributed by atoms with Gasteiger partial charge in [0.15, 0.2) is 0 Å². The normalized spacial score (nSPS) is 17.4. The van der Waals surface area contributed by atoms with Crippen LogP contribution >= 0.6 is 11.8 Å². The van der Waals surface area contributed by atoms with Crippen LogP contribution in [-0.2, 0) is 6.54 Å². The van der Waals surface area contributed by atoms with Crippen LogP contribution in [0.5, 0.6) is 5.88 Å². The zero-order valence-corrected chi connectivity index (χ0v) is 12.9. The van der Waals surface area contributed by atoms with E-state index in [4.69, 9.17) is 9.15 Å². The second-order valence-corrected chi connectivity index (χ2v) is 6.03. The molecule has 0 aliphatic carbocycles. The molecule has 1 fully saturated rings. The average molecular weight is 320 g/mol. The van der Waals surface area contributed by atoms with Gasteiger partial charge < -0.3 is 14.5 Å². The summed E-state index contributed by atoms with van der Waals surface area (Å²) in [6.45, 7) is 1.89. The van der Waals surface area contributed by atoms with Crippen LogP contribution in [0.4, 0.5) is 0 Å². The summed E-state index contributed by atoms with van der Waals surface area (Å²) in [5, 5.41) is 10.3. The minimum absolute atomic E-state index is 0.178. The van der Waals surface area contributed by atoms with Gasteiger partial charge in [0.05, 0.1) is 6.54 Å². The van der Waals surface area contributed by atoms with E-state index in [2.05, 4.69) is 20.5 Å². The first-order valence-corrected chi connectivity index (χ1v) is 8.14. The van der Waals surface area contributed by atoms with E-state index in [1.807, 2.05) is 11.8 Å². The number of nitrogens with one attached hydrogen (secondary N) is 1. The lowest BCUT2D eigenvalue weighted by atomic mass is 10.2. The van der Waals surface area contributed by atoms with E-state index in [0.717, 1.165) is 17.9 Å². The Morgan fingerprint density at radius 2 is 2.45 bits per heavy atom. The van der Waals surface area contributed by atoms with Crippen molar-refractivity contribution in [3.63, 3.8) is 0 Å². The highest BCUT2D eigenvalue weighted by molar-refractivity contribution is 7.99. The molecule has 0 radical (unpaired) electrons. The first kappa shape index (κ1) is 14.8. The lowest BCUT2D eigenvalue weighted by molar-refractivity contribution is 0.0946. The van der Waals surface area contributed by atoms with E-state index in [0.29, 0.717) is 23.2 Å². The number of amides is 1. The fourth-order valence-electron chi connectivity index (χ4n) is 2.06. The first-order chi connectivity index (χ1) is 10.7. The zero-order valence-electron chi connectivity index (χ0n) is 12.1. The quantitative estimate of drug-likeness (QED) is 0.894. The number of carbonyl (C=O) groups excluding carboxylic acids is 1. The Kier molecular flexibility index (Phi) is 4.57. The summed E-state index contributed by atoms with van der Waals surface area (Å²) in [7, 11) is 0. The number of hydrogen-bond donors (Lipinski definition) is 1. The van der Waals surface area contributed by atoms with Crippen molar-refractivity contribution in [2.24, 2.45) is 0 Å². The summed E-state index contributed by atoms with van der Waals surface area (Å²) in [5.74, 6) is 3.17. The number of nitrogens with zero attached hydrogens (tertiary/aromatic N) is 3. The Morgan fingerprint density at radius 3 is 3.18 bits per heavy atom. The van der Waals surface area contributed by atoms with Gasteiger partial charge >= 0.3 is 0 Å². The van der Waals surface area contributed by atoms with Crippen LogP contribution in [0, 0.1) is 6.92 Å². The molecule has 1 unspecified atom stereocenters. The van der Waals surface area contributed by atoms with Crippen molar-refractivity contribution in [2.75, 3.05) is 11.5 Å². The Morgan fingerprint density at radius 1 is 1.55 bits per heavy atom. The van der Waals surface area contributed by atoms with Gasteiger partial charge in [-0.05, 0) is 18.2 Å². The first-order valence-electron chi connectivity index (χ1n) is 6.98. The number of pyridine rings is 1. The topological polar surface area (TPSA) is 90.1 Å². The third-order valence-corrected chi connectivity index (χ3v) is 4.27. The Labute approximate surface area is 131 Å². The van der Waals surface area contributed by atoms with E-state index in [1.54, 1.807) is 25.3 Å². The highest BCUT2D eigenvalue weighted by atomic mass is 32.2. The number of carbonyl (C=O) groups is 1. The third kappa shape index (κ3) is 3.76. The van der Waals surface area contributed by atoms with Crippen molar-refractivity contribution in [3.8, 4) is 5.88 Å². The number of thioether (sulfide) groups is 1. The number of aromatic nitrogens is 3. The zero-order chi connectivity index (χ0) is 15.4. The van der Waals surface area contributed by atoms with Crippen molar-refractivity contribution >= 4 is 17.7 Å². The van der Waals surface area contributed by atoms with Gasteiger partial charge in [0.25, 0.3) is 5.91 Å². The standard InChI is InChI=1S/C14H16N4O3S/c1-9-17-18-13(20-9)7-16-14(19)10-2-4-15-12(6-10)21-11-3-5-22-8-11/h2,4,6,11H,3,5,7-8H2,1H3,(H,16,19). The monoisotopic (exact) mass is 320 g/mol. The van der Waals surface area contributed by atoms with E-state index in [9.17, 15) is 4.79 Å². The maximum absolute atomic E-state index is 12.1. The number of aryl methyl sites for hydroxylation is 1. The molecule has 1 atom stereocenters. The lowest BCUT2D eigenvalue weighted by Crippen LogP contribution is -2.23. The van der Waals surface area contributed by atoms with Gasteiger partial charge in [-0.1, -0.05) is 0 Å². The van der Waals surface area contributed by atoms with Crippen LogP contribution in [-0.4, -0.2) is 38.7 Å².